The van der Waals surface area contributed by atoms with Crippen LogP contribution in [-0.2, 0) is 4.79 Å². The molecule has 0 bridgehead atoms. The Balaban J connectivity index is 5.18. The molecule has 0 aliphatic carbocycles. The SMILES string of the molecule is CCCC(SCCCC(F)(F)C(F)(F)C(F)(F)C(F)(F)F)(C(=O)O)C(C)C. The highest BCUT2D eigenvalue weighted by atomic mass is 32.2. The molecule has 0 saturated heterocycles. The lowest BCUT2D eigenvalue weighted by atomic mass is 9.90. The van der Waals surface area contributed by atoms with E-state index in [2.05, 4.69) is 0 Å². The average Bonchev–Trinajstić information content (AvgIpc) is 2.48. The number of carboxylic acid groups (broad SMARTS) is 1. The fourth-order valence-electron chi connectivity index (χ4n) is 2.43. The highest BCUT2D eigenvalue weighted by molar-refractivity contribution is 8.01. The van der Waals surface area contributed by atoms with Gasteiger partial charge in [0.2, 0.25) is 0 Å². The average molecular weight is 436 g/mol. The fourth-order valence-corrected chi connectivity index (χ4v) is 3.89. The van der Waals surface area contributed by atoms with Gasteiger partial charge in [-0.3, -0.25) is 4.79 Å². The van der Waals surface area contributed by atoms with Crippen LogP contribution in [0, 0.1) is 5.92 Å². The van der Waals surface area contributed by atoms with E-state index in [9.17, 15) is 49.4 Å². The van der Waals surface area contributed by atoms with E-state index < -0.39 is 59.2 Å². The maximum atomic E-state index is 13.5. The molecule has 2 nitrogen and oxygen atoms in total. The number of carbonyl (C=O) groups is 1. The second kappa shape index (κ2) is 8.69. The summed E-state index contributed by atoms with van der Waals surface area (Å²) in [7, 11) is 0. The van der Waals surface area contributed by atoms with Crippen LogP contribution in [0.25, 0.3) is 0 Å². The molecule has 0 rings (SSSR count). The van der Waals surface area contributed by atoms with E-state index in [4.69, 9.17) is 0 Å². The smallest absolute Gasteiger partial charge is 0.460 e. The highest BCUT2D eigenvalue weighted by Gasteiger charge is 2.81. The van der Waals surface area contributed by atoms with Crippen LogP contribution in [0.5, 0.6) is 0 Å². The number of hydrogen-bond acceptors (Lipinski definition) is 2. The lowest BCUT2D eigenvalue weighted by molar-refractivity contribution is -0.396. The molecule has 0 aromatic rings. The molecule has 0 saturated carbocycles. The number of thioether (sulfide) groups is 1. The fraction of sp³-hybridized carbons (Fsp3) is 0.933. The molecule has 0 aromatic carbocycles. The summed E-state index contributed by atoms with van der Waals surface area (Å²) < 4.78 is 114. The van der Waals surface area contributed by atoms with Crippen molar-refractivity contribution >= 4 is 17.7 Å². The zero-order valence-electron chi connectivity index (χ0n) is 14.8. The van der Waals surface area contributed by atoms with Crippen LogP contribution in [0.3, 0.4) is 0 Å². The summed E-state index contributed by atoms with van der Waals surface area (Å²) in [6.07, 6.45) is -9.09. The van der Waals surface area contributed by atoms with Gasteiger partial charge in [0.05, 0.1) is 0 Å². The maximum absolute atomic E-state index is 13.5. The Morgan fingerprint density at radius 3 is 1.74 bits per heavy atom. The van der Waals surface area contributed by atoms with Crippen molar-refractivity contribution in [1.29, 1.82) is 0 Å². The van der Waals surface area contributed by atoms with Crippen molar-refractivity contribution in [2.45, 2.75) is 75.1 Å². The topological polar surface area (TPSA) is 37.3 Å². The summed E-state index contributed by atoms with van der Waals surface area (Å²) >= 11 is 0.687. The summed E-state index contributed by atoms with van der Waals surface area (Å²) in [5.74, 6) is -21.3. The number of alkyl halides is 9. The Morgan fingerprint density at radius 1 is 0.926 bits per heavy atom. The molecule has 0 aliphatic heterocycles. The van der Waals surface area contributed by atoms with Gasteiger partial charge in [0.25, 0.3) is 0 Å². The van der Waals surface area contributed by atoms with Crippen molar-refractivity contribution in [1.82, 2.24) is 0 Å². The number of hydrogen-bond donors (Lipinski definition) is 1. The minimum atomic E-state index is -6.90. The summed E-state index contributed by atoms with van der Waals surface area (Å²) in [5.41, 5.74) is 0. The minimum absolute atomic E-state index is 0.142. The van der Waals surface area contributed by atoms with E-state index in [1.807, 2.05) is 0 Å². The van der Waals surface area contributed by atoms with Crippen molar-refractivity contribution < 1.29 is 49.4 Å². The molecule has 0 aromatic heterocycles. The molecule has 0 aliphatic rings. The molecule has 0 radical (unpaired) electrons. The first-order chi connectivity index (χ1) is 11.9. The second-order valence-electron chi connectivity index (χ2n) is 6.40. The summed E-state index contributed by atoms with van der Waals surface area (Å²) in [4.78, 5) is 11.5. The first-order valence-corrected chi connectivity index (χ1v) is 8.96. The summed E-state index contributed by atoms with van der Waals surface area (Å²) in [6.45, 7) is 4.79. The number of halogens is 9. The predicted molar refractivity (Wildman–Crippen MR) is 82.7 cm³/mol. The van der Waals surface area contributed by atoms with E-state index in [0.717, 1.165) is 0 Å². The first kappa shape index (κ1) is 26.2. The van der Waals surface area contributed by atoms with Crippen molar-refractivity contribution in [2.24, 2.45) is 5.92 Å². The van der Waals surface area contributed by atoms with Gasteiger partial charge in [-0.2, -0.15) is 39.5 Å². The molecule has 1 unspecified atom stereocenters. The van der Waals surface area contributed by atoms with Crippen molar-refractivity contribution in [3.8, 4) is 0 Å². The Labute approximate surface area is 154 Å². The van der Waals surface area contributed by atoms with Crippen LogP contribution >= 0.6 is 11.8 Å². The van der Waals surface area contributed by atoms with Gasteiger partial charge in [0, 0.05) is 6.42 Å². The lowest BCUT2D eigenvalue weighted by Crippen LogP contribution is -2.60. The molecule has 27 heavy (non-hydrogen) atoms. The van der Waals surface area contributed by atoms with Crippen LogP contribution in [0.4, 0.5) is 39.5 Å². The van der Waals surface area contributed by atoms with E-state index >= 15 is 0 Å². The van der Waals surface area contributed by atoms with Gasteiger partial charge in [0.15, 0.2) is 0 Å². The third-order valence-electron chi connectivity index (χ3n) is 4.12. The largest absolute Gasteiger partial charge is 0.480 e. The highest BCUT2D eigenvalue weighted by Crippen LogP contribution is 2.54. The number of carboxylic acids is 1. The zero-order chi connectivity index (χ0) is 21.9. The van der Waals surface area contributed by atoms with Crippen molar-refractivity contribution in [3.05, 3.63) is 0 Å². The van der Waals surface area contributed by atoms with E-state index in [1.165, 1.54) is 0 Å². The lowest BCUT2D eigenvalue weighted by Gasteiger charge is -2.34. The molecule has 0 spiro atoms. The van der Waals surface area contributed by atoms with Gasteiger partial charge < -0.3 is 5.11 Å². The molecule has 1 N–H and O–H groups in total. The predicted octanol–water partition coefficient (Wildman–Crippen LogP) is 6.25. The standard InChI is InChI=1S/C15H21F9O2S/c1-4-6-11(9(2)3,10(25)26)27-8-5-7-12(16,17)13(18,19)14(20,21)15(22,23)24/h9H,4-8H2,1-3H3,(H,25,26). The number of rotatable bonds is 11. The summed E-state index contributed by atoms with van der Waals surface area (Å²) in [6, 6.07) is 0. The molecule has 1 atom stereocenters. The summed E-state index contributed by atoms with van der Waals surface area (Å²) in [5, 5.41) is 9.40. The van der Waals surface area contributed by atoms with Crippen molar-refractivity contribution in [2.75, 3.05) is 5.75 Å². The minimum Gasteiger partial charge on any atom is -0.480 e. The van der Waals surface area contributed by atoms with E-state index in [1.54, 1.807) is 20.8 Å². The van der Waals surface area contributed by atoms with Crippen LogP contribution < -0.4 is 0 Å². The third kappa shape index (κ3) is 5.17. The van der Waals surface area contributed by atoms with Crippen molar-refractivity contribution in [3.63, 3.8) is 0 Å². The molecular weight excluding hydrogens is 415 g/mol. The van der Waals surface area contributed by atoms with Crippen LogP contribution in [0.15, 0.2) is 0 Å². The Kier molecular flexibility index (Phi) is 8.43. The molecule has 0 amide bonds. The van der Waals surface area contributed by atoms with Gasteiger partial charge in [-0.05, 0) is 24.5 Å². The zero-order valence-corrected chi connectivity index (χ0v) is 15.6. The quantitative estimate of drug-likeness (QED) is 0.307. The first-order valence-electron chi connectivity index (χ1n) is 7.98. The second-order valence-corrected chi connectivity index (χ2v) is 7.83. The van der Waals surface area contributed by atoms with E-state index in [-0.39, 0.29) is 6.42 Å². The van der Waals surface area contributed by atoms with Crippen LogP contribution in [0.2, 0.25) is 0 Å². The molecular formula is C15H21F9O2S. The third-order valence-corrected chi connectivity index (χ3v) is 5.98. The monoisotopic (exact) mass is 436 g/mol. The van der Waals surface area contributed by atoms with Gasteiger partial charge in [-0.15, -0.1) is 11.8 Å². The maximum Gasteiger partial charge on any atom is 0.460 e. The molecule has 162 valence electrons. The molecule has 12 heteroatoms. The Hall–Kier alpha value is -0.810. The van der Waals surface area contributed by atoms with Crippen LogP contribution in [-0.4, -0.2) is 45.5 Å². The molecule has 0 fully saturated rings. The Morgan fingerprint density at radius 2 is 1.41 bits per heavy atom. The van der Waals surface area contributed by atoms with Crippen LogP contribution in [0.1, 0.15) is 46.5 Å². The number of aliphatic carboxylic acids is 1. The molecule has 0 heterocycles. The van der Waals surface area contributed by atoms with Gasteiger partial charge >= 0.3 is 29.9 Å². The Bertz CT molecular complexity index is 506. The van der Waals surface area contributed by atoms with Gasteiger partial charge in [-0.1, -0.05) is 27.2 Å². The van der Waals surface area contributed by atoms with Gasteiger partial charge in [0.1, 0.15) is 4.75 Å². The van der Waals surface area contributed by atoms with E-state index in [0.29, 0.717) is 18.2 Å². The van der Waals surface area contributed by atoms with Gasteiger partial charge in [-0.25, -0.2) is 0 Å². The normalized spacial score (nSPS) is 16.5.